The van der Waals surface area contributed by atoms with Crippen molar-refractivity contribution in [3.8, 4) is 0 Å². The summed E-state index contributed by atoms with van der Waals surface area (Å²) < 4.78 is 11.0. The first-order chi connectivity index (χ1) is 7.50. The van der Waals surface area contributed by atoms with Gasteiger partial charge in [0.05, 0.1) is 4.92 Å². The Morgan fingerprint density at radius 2 is 2.12 bits per heavy atom. The molecule has 16 heavy (non-hydrogen) atoms. The van der Waals surface area contributed by atoms with Crippen molar-refractivity contribution in [3.05, 3.63) is 34.4 Å². The van der Waals surface area contributed by atoms with Gasteiger partial charge in [-0.1, -0.05) is 12.1 Å². The minimum Gasteiger partial charge on any atom is -0.376 e. The first kappa shape index (κ1) is 12.6. The molecule has 5 nitrogen and oxygen atoms in total. The zero-order chi connectivity index (χ0) is 12.1. The zero-order valence-corrected chi connectivity index (χ0v) is 9.99. The molecule has 2 atom stereocenters. The van der Waals surface area contributed by atoms with E-state index in [9.17, 15) is 14.3 Å². The molecule has 6 heteroatoms. The first-order valence-corrected chi connectivity index (χ1v) is 6.53. The van der Waals surface area contributed by atoms with Crippen LogP contribution in [0.5, 0.6) is 0 Å². The van der Waals surface area contributed by atoms with Gasteiger partial charge in [-0.2, -0.15) is 0 Å². The Labute approximate surface area is 96.5 Å². The van der Waals surface area contributed by atoms with Crippen molar-refractivity contribution < 1.29 is 9.13 Å². The summed E-state index contributed by atoms with van der Waals surface area (Å²) in [5.41, 5.74) is 0.502. The van der Waals surface area contributed by atoms with Gasteiger partial charge < -0.3 is 5.32 Å². The van der Waals surface area contributed by atoms with E-state index in [0.717, 1.165) is 0 Å². The number of rotatable bonds is 5. The van der Waals surface area contributed by atoms with Crippen molar-refractivity contribution in [2.45, 2.75) is 13.0 Å². The molecule has 0 aliphatic rings. The standard InChI is InChI=1S/C10H14N2O3S/c1-8(7-16(2)15)11-9-5-3-4-6-10(9)12(13)14/h3-6,8,11H,7H2,1-2H3. The van der Waals surface area contributed by atoms with Crippen molar-refractivity contribution >= 4 is 22.2 Å². The fraction of sp³-hybridized carbons (Fsp3) is 0.400. The summed E-state index contributed by atoms with van der Waals surface area (Å²) in [6, 6.07) is 6.37. The Balaban J connectivity index is 2.80. The smallest absolute Gasteiger partial charge is 0.292 e. The summed E-state index contributed by atoms with van der Waals surface area (Å²) in [7, 11) is -0.919. The number of hydrogen-bond acceptors (Lipinski definition) is 4. The number of para-hydroxylation sites is 2. The van der Waals surface area contributed by atoms with Crippen LogP contribution in [0.1, 0.15) is 6.92 Å². The minimum atomic E-state index is -0.919. The lowest BCUT2D eigenvalue weighted by Gasteiger charge is -2.13. The van der Waals surface area contributed by atoms with Gasteiger partial charge in [-0.05, 0) is 13.0 Å². The predicted octanol–water partition coefficient (Wildman–Crippen LogP) is 1.77. The lowest BCUT2D eigenvalue weighted by atomic mass is 10.2. The Morgan fingerprint density at radius 3 is 2.69 bits per heavy atom. The van der Waals surface area contributed by atoms with Crippen molar-refractivity contribution in [3.63, 3.8) is 0 Å². The highest BCUT2D eigenvalue weighted by atomic mass is 32.2. The van der Waals surface area contributed by atoms with Crippen LogP contribution < -0.4 is 5.32 Å². The molecule has 1 aromatic carbocycles. The van der Waals surface area contributed by atoms with E-state index in [4.69, 9.17) is 0 Å². The molecule has 0 spiro atoms. The number of nitrogens with zero attached hydrogens (tertiary/aromatic N) is 1. The number of anilines is 1. The molecule has 0 aliphatic heterocycles. The van der Waals surface area contributed by atoms with E-state index in [1.54, 1.807) is 24.5 Å². The van der Waals surface area contributed by atoms with Crippen molar-refractivity contribution in [1.29, 1.82) is 0 Å². The van der Waals surface area contributed by atoms with Gasteiger partial charge >= 0.3 is 0 Å². The van der Waals surface area contributed by atoms with E-state index >= 15 is 0 Å². The summed E-state index contributed by atoms with van der Waals surface area (Å²) in [4.78, 5) is 10.3. The highest BCUT2D eigenvalue weighted by Crippen LogP contribution is 2.23. The van der Waals surface area contributed by atoms with Crippen LogP contribution in [-0.2, 0) is 10.8 Å². The number of nitro benzene ring substituents is 1. The second-order valence-electron chi connectivity index (χ2n) is 3.56. The highest BCUT2D eigenvalue weighted by Gasteiger charge is 2.14. The lowest BCUT2D eigenvalue weighted by molar-refractivity contribution is -0.384. The molecule has 2 unspecified atom stereocenters. The molecule has 0 bridgehead atoms. The van der Waals surface area contributed by atoms with E-state index in [0.29, 0.717) is 11.4 Å². The van der Waals surface area contributed by atoms with Crippen molar-refractivity contribution in [1.82, 2.24) is 0 Å². The van der Waals surface area contributed by atoms with Crippen LogP contribution in [-0.4, -0.2) is 27.2 Å². The van der Waals surface area contributed by atoms with Gasteiger partial charge in [0.15, 0.2) is 0 Å². The topological polar surface area (TPSA) is 72.2 Å². The van der Waals surface area contributed by atoms with Gasteiger partial charge in [0.2, 0.25) is 0 Å². The normalized spacial score (nSPS) is 14.1. The lowest BCUT2D eigenvalue weighted by Crippen LogP contribution is -2.22. The molecule has 0 amide bonds. The van der Waals surface area contributed by atoms with E-state index in [2.05, 4.69) is 5.32 Å². The molecule has 1 aromatic rings. The molecule has 0 heterocycles. The quantitative estimate of drug-likeness (QED) is 0.631. The zero-order valence-electron chi connectivity index (χ0n) is 9.17. The van der Waals surface area contributed by atoms with Gasteiger partial charge in [0, 0.05) is 34.9 Å². The first-order valence-electron chi connectivity index (χ1n) is 4.80. The average Bonchev–Trinajstić information content (AvgIpc) is 2.16. The molecule has 0 saturated heterocycles. The third kappa shape index (κ3) is 3.62. The third-order valence-corrected chi connectivity index (χ3v) is 2.96. The number of nitro groups is 1. The number of benzene rings is 1. The van der Waals surface area contributed by atoms with Crippen LogP contribution in [0.2, 0.25) is 0 Å². The Hall–Kier alpha value is -1.43. The fourth-order valence-corrected chi connectivity index (χ4v) is 2.20. The Bertz CT molecular complexity index is 409. The number of hydrogen-bond donors (Lipinski definition) is 1. The maximum Gasteiger partial charge on any atom is 0.292 e. The van der Waals surface area contributed by atoms with Crippen LogP contribution >= 0.6 is 0 Å². The SMILES string of the molecule is CC(CS(C)=O)Nc1ccccc1[N+](=O)[O-]. The summed E-state index contributed by atoms with van der Waals surface area (Å²) in [5, 5.41) is 13.7. The average molecular weight is 242 g/mol. The summed E-state index contributed by atoms with van der Waals surface area (Å²) in [5.74, 6) is 0.464. The van der Waals surface area contributed by atoms with E-state index in [1.165, 1.54) is 6.07 Å². The molecular formula is C10H14N2O3S. The number of nitrogens with one attached hydrogen (secondary N) is 1. The molecule has 0 fully saturated rings. The molecule has 0 aromatic heterocycles. The van der Waals surface area contributed by atoms with E-state index in [1.807, 2.05) is 6.92 Å². The molecule has 0 aliphatic carbocycles. The predicted molar refractivity (Wildman–Crippen MR) is 65.1 cm³/mol. The van der Waals surface area contributed by atoms with Crippen molar-refractivity contribution in [2.75, 3.05) is 17.3 Å². The Morgan fingerprint density at radius 1 is 1.50 bits per heavy atom. The van der Waals surface area contributed by atoms with Gasteiger partial charge in [0.1, 0.15) is 5.69 Å². The van der Waals surface area contributed by atoms with Crippen LogP contribution in [0.15, 0.2) is 24.3 Å². The largest absolute Gasteiger partial charge is 0.376 e. The minimum absolute atomic E-state index is 0.0382. The van der Waals surface area contributed by atoms with Crippen LogP contribution in [0.4, 0.5) is 11.4 Å². The molecule has 0 radical (unpaired) electrons. The highest BCUT2D eigenvalue weighted by molar-refractivity contribution is 7.84. The fourth-order valence-electron chi connectivity index (χ4n) is 1.41. The summed E-state index contributed by atoms with van der Waals surface area (Å²) in [6.45, 7) is 1.85. The maximum atomic E-state index is 11.0. The van der Waals surface area contributed by atoms with E-state index in [-0.39, 0.29) is 11.7 Å². The van der Waals surface area contributed by atoms with Crippen LogP contribution in [0, 0.1) is 10.1 Å². The molecule has 88 valence electrons. The molecule has 0 saturated carbocycles. The molecular weight excluding hydrogens is 228 g/mol. The van der Waals surface area contributed by atoms with Gasteiger partial charge in [-0.25, -0.2) is 0 Å². The summed E-state index contributed by atoms with van der Waals surface area (Å²) >= 11 is 0. The van der Waals surface area contributed by atoms with Gasteiger partial charge in [-0.15, -0.1) is 0 Å². The second-order valence-corrected chi connectivity index (χ2v) is 5.04. The monoisotopic (exact) mass is 242 g/mol. The van der Waals surface area contributed by atoms with Gasteiger partial charge in [0.25, 0.3) is 5.69 Å². The van der Waals surface area contributed by atoms with Gasteiger partial charge in [-0.3, -0.25) is 14.3 Å². The van der Waals surface area contributed by atoms with Crippen LogP contribution in [0.25, 0.3) is 0 Å². The van der Waals surface area contributed by atoms with Crippen molar-refractivity contribution in [2.24, 2.45) is 0 Å². The third-order valence-electron chi connectivity index (χ3n) is 1.99. The maximum absolute atomic E-state index is 11.0. The molecule has 1 N–H and O–H groups in total. The van der Waals surface area contributed by atoms with E-state index < -0.39 is 15.7 Å². The van der Waals surface area contributed by atoms with Crippen LogP contribution in [0.3, 0.4) is 0 Å². The second kappa shape index (κ2) is 5.60. The molecule has 1 rings (SSSR count). The Kier molecular flexibility index (Phi) is 4.42. The summed E-state index contributed by atoms with van der Waals surface area (Å²) in [6.07, 6.45) is 1.61.